The van der Waals surface area contributed by atoms with Gasteiger partial charge in [0.25, 0.3) is 0 Å². The van der Waals surface area contributed by atoms with E-state index in [0.717, 1.165) is 5.56 Å². The van der Waals surface area contributed by atoms with Crippen LogP contribution in [-0.4, -0.2) is 0 Å². The summed E-state index contributed by atoms with van der Waals surface area (Å²) in [6.07, 6.45) is 0. The van der Waals surface area contributed by atoms with Crippen LogP contribution in [0.3, 0.4) is 0 Å². The lowest BCUT2D eigenvalue weighted by Gasteiger charge is -2.16. The number of nitriles is 1. The first-order chi connectivity index (χ1) is 9.10. The van der Waals surface area contributed by atoms with Crippen LogP contribution in [0.1, 0.15) is 24.1 Å². The van der Waals surface area contributed by atoms with E-state index in [0.29, 0.717) is 11.3 Å². The Kier molecular flexibility index (Phi) is 4.03. The third kappa shape index (κ3) is 3.24. The van der Waals surface area contributed by atoms with Gasteiger partial charge in [-0.3, -0.25) is 0 Å². The van der Waals surface area contributed by atoms with Gasteiger partial charge in [0.05, 0.1) is 16.7 Å². The highest BCUT2D eigenvalue weighted by Gasteiger charge is 2.07. The molecular weight excluding hydrogens is 263 g/mol. The Morgan fingerprint density at radius 3 is 2.47 bits per heavy atom. The molecule has 0 aliphatic rings. The molecule has 0 saturated heterocycles. The lowest BCUT2D eigenvalue weighted by Crippen LogP contribution is -2.06. The molecule has 0 bridgehead atoms. The first-order valence-corrected chi connectivity index (χ1v) is 6.19. The van der Waals surface area contributed by atoms with Gasteiger partial charge < -0.3 is 5.32 Å². The molecule has 2 rings (SSSR count). The molecule has 0 radical (unpaired) electrons. The molecule has 2 aromatic rings. The minimum absolute atomic E-state index is 0.00770. The van der Waals surface area contributed by atoms with Crippen molar-refractivity contribution in [3.8, 4) is 6.07 Å². The maximum Gasteiger partial charge on any atom is 0.143 e. The SMILES string of the molecule is CC(Nc1ccc(Cl)c(F)c1)c1ccc(C#N)cc1. The third-order valence-corrected chi connectivity index (χ3v) is 3.15. The van der Waals surface area contributed by atoms with Crippen molar-refractivity contribution in [2.45, 2.75) is 13.0 Å². The normalized spacial score (nSPS) is 11.7. The first kappa shape index (κ1) is 13.4. The molecule has 19 heavy (non-hydrogen) atoms. The van der Waals surface area contributed by atoms with Crippen LogP contribution in [0.4, 0.5) is 10.1 Å². The quantitative estimate of drug-likeness (QED) is 0.893. The summed E-state index contributed by atoms with van der Waals surface area (Å²) in [5, 5.41) is 12.0. The molecule has 4 heteroatoms. The fourth-order valence-electron chi connectivity index (χ4n) is 1.77. The van der Waals surface area contributed by atoms with Crippen molar-refractivity contribution in [2.24, 2.45) is 0 Å². The zero-order chi connectivity index (χ0) is 13.8. The predicted octanol–water partition coefficient (Wildman–Crippen LogP) is 4.52. The number of hydrogen-bond donors (Lipinski definition) is 1. The van der Waals surface area contributed by atoms with E-state index in [4.69, 9.17) is 16.9 Å². The molecule has 1 N–H and O–H groups in total. The largest absolute Gasteiger partial charge is 0.378 e. The van der Waals surface area contributed by atoms with E-state index in [1.165, 1.54) is 12.1 Å². The minimum Gasteiger partial charge on any atom is -0.378 e. The molecule has 1 unspecified atom stereocenters. The number of anilines is 1. The maximum absolute atomic E-state index is 13.3. The van der Waals surface area contributed by atoms with E-state index in [1.54, 1.807) is 18.2 Å². The Bertz CT molecular complexity index is 617. The van der Waals surface area contributed by atoms with Gasteiger partial charge in [-0.15, -0.1) is 0 Å². The second-order valence-electron chi connectivity index (χ2n) is 4.23. The van der Waals surface area contributed by atoms with Gasteiger partial charge >= 0.3 is 0 Å². The van der Waals surface area contributed by atoms with E-state index < -0.39 is 5.82 Å². The topological polar surface area (TPSA) is 35.8 Å². The van der Waals surface area contributed by atoms with Crippen molar-refractivity contribution in [2.75, 3.05) is 5.32 Å². The van der Waals surface area contributed by atoms with Crippen LogP contribution in [0.2, 0.25) is 5.02 Å². The summed E-state index contributed by atoms with van der Waals surface area (Å²) in [7, 11) is 0. The predicted molar refractivity (Wildman–Crippen MR) is 74.6 cm³/mol. The van der Waals surface area contributed by atoms with Crippen molar-refractivity contribution >= 4 is 17.3 Å². The number of rotatable bonds is 3. The second kappa shape index (κ2) is 5.73. The van der Waals surface area contributed by atoms with Gasteiger partial charge in [0, 0.05) is 11.7 Å². The van der Waals surface area contributed by atoms with Gasteiger partial charge in [0.1, 0.15) is 5.82 Å². The van der Waals surface area contributed by atoms with Crippen molar-refractivity contribution < 1.29 is 4.39 Å². The van der Waals surface area contributed by atoms with Crippen molar-refractivity contribution in [1.29, 1.82) is 5.26 Å². The van der Waals surface area contributed by atoms with Gasteiger partial charge in [0.2, 0.25) is 0 Å². The van der Waals surface area contributed by atoms with Gasteiger partial charge in [-0.05, 0) is 42.8 Å². The molecule has 0 amide bonds. The standard InChI is InChI=1S/C15H12ClFN2/c1-10(12-4-2-11(9-18)3-5-12)19-13-6-7-14(16)15(17)8-13/h2-8,10,19H,1H3. The molecule has 96 valence electrons. The number of nitrogens with zero attached hydrogens (tertiary/aromatic N) is 1. The van der Waals surface area contributed by atoms with E-state index in [2.05, 4.69) is 11.4 Å². The van der Waals surface area contributed by atoms with Crippen molar-refractivity contribution in [1.82, 2.24) is 0 Å². The number of halogens is 2. The highest BCUT2D eigenvalue weighted by atomic mass is 35.5. The van der Waals surface area contributed by atoms with Gasteiger partial charge in [-0.25, -0.2) is 4.39 Å². The zero-order valence-electron chi connectivity index (χ0n) is 10.3. The molecule has 2 nitrogen and oxygen atoms in total. The van der Waals surface area contributed by atoms with E-state index >= 15 is 0 Å². The lowest BCUT2D eigenvalue weighted by molar-refractivity contribution is 0.628. The third-order valence-electron chi connectivity index (χ3n) is 2.84. The fraction of sp³-hybridized carbons (Fsp3) is 0.133. The van der Waals surface area contributed by atoms with Crippen LogP contribution in [0.25, 0.3) is 0 Å². The van der Waals surface area contributed by atoms with E-state index in [-0.39, 0.29) is 11.1 Å². The fourth-order valence-corrected chi connectivity index (χ4v) is 1.88. The molecule has 0 saturated carbocycles. The summed E-state index contributed by atoms with van der Waals surface area (Å²) in [4.78, 5) is 0. The number of hydrogen-bond acceptors (Lipinski definition) is 2. The Balaban J connectivity index is 2.13. The second-order valence-corrected chi connectivity index (χ2v) is 4.64. The van der Waals surface area contributed by atoms with Gasteiger partial charge in [-0.1, -0.05) is 23.7 Å². The molecule has 0 aliphatic carbocycles. The Morgan fingerprint density at radius 1 is 1.21 bits per heavy atom. The Hall–Kier alpha value is -2.05. The average molecular weight is 275 g/mol. The number of benzene rings is 2. The molecule has 1 atom stereocenters. The van der Waals surface area contributed by atoms with Crippen molar-refractivity contribution in [3.63, 3.8) is 0 Å². The van der Waals surface area contributed by atoms with Gasteiger partial charge in [0.15, 0.2) is 0 Å². The Morgan fingerprint density at radius 2 is 1.89 bits per heavy atom. The summed E-state index contributed by atoms with van der Waals surface area (Å²) >= 11 is 5.63. The summed E-state index contributed by atoms with van der Waals surface area (Å²) in [5.74, 6) is -0.446. The molecule has 0 heterocycles. The monoisotopic (exact) mass is 274 g/mol. The molecule has 0 spiro atoms. The first-order valence-electron chi connectivity index (χ1n) is 5.82. The van der Waals surface area contributed by atoms with Crippen LogP contribution < -0.4 is 5.32 Å². The van der Waals surface area contributed by atoms with Crippen LogP contribution in [-0.2, 0) is 0 Å². The lowest BCUT2D eigenvalue weighted by atomic mass is 10.1. The molecule has 0 aliphatic heterocycles. The molecule has 0 aromatic heterocycles. The average Bonchev–Trinajstić information content (AvgIpc) is 2.43. The maximum atomic E-state index is 13.3. The van der Waals surface area contributed by atoms with Gasteiger partial charge in [-0.2, -0.15) is 5.26 Å². The highest BCUT2D eigenvalue weighted by molar-refractivity contribution is 6.30. The van der Waals surface area contributed by atoms with E-state index in [9.17, 15) is 4.39 Å². The zero-order valence-corrected chi connectivity index (χ0v) is 11.1. The minimum atomic E-state index is -0.446. The molecule has 2 aromatic carbocycles. The van der Waals surface area contributed by atoms with E-state index in [1.807, 2.05) is 19.1 Å². The molecule has 0 fully saturated rings. The summed E-state index contributed by atoms with van der Waals surface area (Å²) in [6.45, 7) is 1.97. The summed E-state index contributed by atoms with van der Waals surface area (Å²) in [6, 6.07) is 14.0. The highest BCUT2D eigenvalue weighted by Crippen LogP contribution is 2.23. The Labute approximate surface area is 116 Å². The number of nitrogens with one attached hydrogen (secondary N) is 1. The van der Waals surface area contributed by atoms with Crippen LogP contribution >= 0.6 is 11.6 Å². The van der Waals surface area contributed by atoms with Crippen LogP contribution in [0, 0.1) is 17.1 Å². The van der Waals surface area contributed by atoms with Crippen LogP contribution in [0.15, 0.2) is 42.5 Å². The molecular formula is C15H12ClFN2. The van der Waals surface area contributed by atoms with Crippen molar-refractivity contribution in [3.05, 3.63) is 64.4 Å². The summed E-state index contributed by atoms with van der Waals surface area (Å²) in [5.41, 5.74) is 2.31. The smallest absolute Gasteiger partial charge is 0.143 e. The van der Waals surface area contributed by atoms with Crippen LogP contribution in [0.5, 0.6) is 0 Å². The summed E-state index contributed by atoms with van der Waals surface area (Å²) < 4.78 is 13.3.